The minimum atomic E-state index is -1.02. The first-order valence-electron chi connectivity index (χ1n) is 5.20. The number of benzene rings is 1. The zero-order valence-corrected chi connectivity index (χ0v) is 11.2. The van der Waals surface area contributed by atoms with Crippen molar-refractivity contribution >= 4 is 29.3 Å². The molecule has 6 heteroatoms. The Hall–Kier alpha value is -1.46. The lowest BCUT2D eigenvalue weighted by atomic mass is 10.1. The number of aromatic nitrogens is 2. The summed E-state index contributed by atoms with van der Waals surface area (Å²) in [5, 5.41) is 10.3. The molecule has 0 aliphatic carbocycles. The fourth-order valence-corrected chi connectivity index (χ4v) is 2.26. The summed E-state index contributed by atoms with van der Waals surface area (Å²) >= 11 is 7.28. The van der Waals surface area contributed by atoms with E-state index in [9.17, 15) is 4.79 Å². The van der Waals surface area contributed by atoms with Crippen LogP contribution in [0.1, 0.15) is 21.7 Å². The van der Waals surface area contributed by atoms with Crippen molar-refractivity contribution in [3.63, 3.8) is 0 Å². The first kappa shape index (κ1) is 13.0. The van der Waals surface area contributed by atoms with Crippen molar-refractivity contribution < 1.29 is 9.90 Å². The van der Waals surface area contributed by atoms with Gasteiger partial charge in [-0.15, -0.1) is 0 Å². The number of carboxylic acids is 1. The fourth-order valence-electron chi connectivity index (χ4n) is 1.64. The monoisotopic (exact) mass is 282 g/mol. The van der Waals surface area contributed by atoms with Crippen LogP contribution in [0.5, 0.6) is 0 Å². The maximum Gasteiger partial charge on any atom is 0.356 e. The van der Waals surface area contributed by atoms with Crippen LogP contribution >= 0.6 is 23.4 Å². The molecule has 0 saturated carbocycles. The average Bonchev–Trinajstić information content (AvgIpc) is 2.72. The minimum Gasteiger partial charge on any atom is -0.476 e. The van der Waals surface area contributed by atoms with E-state index < -0.39 is 5.97 Å². The van der Waals surface area contributed by atoms with Gasteiger partial charge in [-0.3, -0.25) is 0 Å². The lowest BCUT2D eigenvalue weighted by Crippen LogP contribution is -2.02. The zero-order chi connectivity index (χ0) is 13.1. The number of aromatic carboxylic acids is 1. The molecular weight excluding hydrogens is 272 g/mol. The van der Waals surface area contributed by atoms with Crippen LogP contribution in [0.15, 0.2) is 29.4 Å². The standard InChI is InChI=1S/C12H11ClN2O2S/c1-18-12-14-9(10(15-12)11(16)17)6-7-3-2-4-8(13)5-7/h2-5H,6H2,1H3,(H,14,15)(H,16,17). The molecule has 94 valence electrons. The van der Waals surface area contributed by atoms with Crippen LogP contribution in [0.2, 0.25) is 5.02 Å². The molecule has 1 heterocycles. The Kier molecular flexibility index (Phi) is 3.93. The maximum absolute atomic E-state index is 11.1. The van der Waals surface area contributed by atoms with Crippen molar-refractivity contribution in [3.05, 3.63) is 46.2 Å². The highest BCUT2D eigenvalue weighted by Gasteiger charge is 2.16. The molecule has 0 unspecified atom stereocenters. The van der Waals surface area contributed by atoms with Gasteiger partial charge in [0.05, 0.1) is 5.69 Å². The van der Waals surface area contributed by atoms with Crippen molar-refractivity contribution in [3.8, 4) is 0 Å². The predicted octanol–water partition coefficient (Wildman–Crippen LogP) is 3.07. The van der Waals surface area contributed by atoms with E-state index in [1.165, 1.54) is 11.8 Å². The molecule has 0 bridgehead atoms. The molecule has 0 radical (unpaired) electrons. The second-order valence-electron chi connectivity index (χ2n) is 3.69. The molecular formula is C12H11ClN2O2S. The van der Waals surface area contributed by atoms with Crippen LogP contribution in [0.3, 0.4) is 0 Å². The van der Waals surface area contributed by atoms with Gasteiger partial charge in [0.15, 0.2) is 10.9 Å². The number of aromatic amines is 1. The molecule has 0 aliphatic heterocycles. The molecule has 2 N–H and O–H groups in total. The van der Waals surface area contributed by atoms with Gasteiger partial charge in [-0.2, -0.15) is 0 Å². The van der Waals surface area contributed by atoms with Gasteiger partial charge in [0, 0.05) is 11.4 Å². The van der Waals surface area contributed by atoms with Crippen molar-refractivity contribution in [2.24, 2.45) is 0 Å². The Morgan fingerprint density at radius 3 is 2.94 bits per heavy atom. The van der Waals surface area contributed by atoms with E-state index in [0.29, 0.717) is 22.3 Å². The van der Waals surface area contributed by atoms with E-state index in [1.54, 1.807) is 6.07 Å². The number of halogens is 1. The minimum absolute atomic E-state index is 0.0688. The number of thioether (sulfide) groups is 1. The SMILES string of the molecule is CSc1nc(C(=O)O)c(Cc2cccc(Cl)c2)[nH]1. The van der Waals surface area contributed by atoms with E-state index in [1.807, 2.05) is 24.5 Å². The summed E-state index contributed by atoms with van der Waals surface area (Å²) in [6.07, 6.45) is 2.31. The van der Waals surface area contributed by atoms with Crippen LogP contribution in [0, 0.1) is 0 Å². The summed E-state index contributed by atoms with van der Waals surface area (Å²) in [5.74, 6) is -1.02. The van der Waals surface area contributed by atoms with Crippen molar-refractivity contribution in [1.29, 1.82) is 0 Å². The lowest BCUT2D eigenvalue weighted by molar-refractivity contribution is 0.0689. The van der Waals surface area contributed by atoms with Gasteiger partial charge in [0.2, 0.25) is 0 Å². The van der Waals surface area contributed by atoms with Gasteiger partial charge in [0.1, 0.15) is 0 Å². The number of carboxylic acid groups (broad SMARTS) is 1. The number of H-pyrrole nitrogens is 1. The van der Waals surface area contributed by atoms with Crippen molar-refractivity contribution in [2.75, 3.05) is 6.26 Å². The van der Waals surface area contributed by atoms with Crippen LogP contribution in [0.4, 0.5) is 0 Å². The number of nitrogens with zero attached hydrogens (tertiary/aromatic N) is 1. The van der Waals surface area contributed by atoms with Gasteiger partial charge in [-0.1, -0.05) is 35.5 Å². The van der Waals surface area contributed by atoms with E-state index in [4.69, 9.17) is 16.7 Å². The third kappa shape index (κ3) is 2.86. The number of hydrogen-bond acceptors (Lipinski definition) is 3. The largest absolute Gasteiger partial charge is 0.476 e. The smallest absolute Gasteiger partial charge is 0.356 e. The molecule has 2 rings (SSSR count). The van der Waals surface area contributed by atoms with Crippen molar-refractivity contribution in [2.45, 2.75) is 11.6 Å². The highest BCUT2D eigenvalue weighted by molar-refractivity contribution is 7.98. The Labute approximate surface area is 113 Å². The molecule has 0 amide bonds. The Morgan fingerprint density at radius 2 is 2.33 bits per heavy atom. The Bertz CT molecular complexity index is 583. The van der Waals surface area contributed by atoms with Crippen LogP contribution in [-0.2, 0) is 6.42 Å². The molecule has 1 aromatic carbocycles. The van der Waals surface area contributed by atoms with Crippen LogP contribution in [0.25, 0.3) is 0 Å². The van der Waals surface area contributed by atoms with E-state index >= 15 is 0 Å². The van der Waals surface area contributed by atoms with E-state index in [0.717, 1.165) is 5.56 Å². The number of hydrogen-bond donors (Lipinski definition) is 2. The van der Waals surface area contributed by atoms with Gasteiger partial charge < -0.3 is 10.1 Å². The van der Waals surface area contributed by atoms with Gasteiger partial charge in [0.25, 0.3) is 0 Å². The number of carbonyl (C=O) groups is 1. The quantitative estimate of drug-likeness (QED) is 0.846. The molecule has 1 aromatic heterocycles. The Morgan fingerprint density at radius 1 is 1.56 bits per heavy atom. The molecule has 0 fully saturated rings. The van der Waals surface area contributed by atoms with Gasteiger partial charge in [-0.25, -0.2) is 9.78 Å². The summed E-state index contributed by atoms with van der Waals surface area (Å²) in [7, 11) is 0. The lowest BCUT2D eigenvalue weighted by Gasteiger charge is -2.01. The third-order valence-electron chi connectivity index (χ3n) is 2.42. The normalized spacial score (nSPS) is 10.6. The second-order valence-corrected chi connectivity index (χ2v) is 4.92. The summed E-state index contributed by atoms with van der Waals surface area (Å²) in [4.78, 5) is 18.1. The molecule has 18 heavy (non-hydrogen) atoms. The summed E-state index contributed by atoms with van der Waals surface area (Å²) < 4.78 is 0. The molecule has 0 spiro atoms. The van der Waals surface area contributed by atoms with Crippen LogP contribution in [-0.4, -0.2) is 27.3 Å². The second kappa shape index (κ2) is 5.46. The maximum atomic E-state index is 11.1. The topological polar surface area (TPSA) is 66.0 Å². The summed E-state index contributed by atoms with van der Waals surface area (Å²) in [6, 6.07) is 7.33. The molecule has 0 saturated heterocycles. The molecule has 2 aromatic rings. The van der Waals surface area contributed by atoms with E-state index in [2.05, 4.69) is 9.97 Å². The third-order valence-corrected chi connectivity index (χ3v) is 3.24. The number of nitrogens with one attached hydrogen (secondary N) is 1. The molecule has 0 atom stereocenters. The zero-order valence-electron chi connectivity index (χ0n) is 9.61. The number of imidazole rings is 1. The summed E-state index contributed by atoms with van der Waals surface area (Å²) in [5.41, 5.74) is 1.61. The first-order chi connectivity index (χ1) is 8.60. The highest BCUT2D eigenvalue weighted by atomic mass is 35.5. The highest BCUT2D eigenvalue weighted by Crippen LogP contribution is 2.19. The molecule has 0 aliphatic rings. The summed E-state index contributed by atoms with van der Waals surface area (Å²) in [6.45, 7) is 0. The van der Waals surface area contributed by atoms with E-state index in [-0.39, 0.29) is 5.69 Å². The first-order valence-corrected chi connectivity index (χ1v) is 6.81. The average molecular weight is 283 g/mol. The Balaban J connectivity index is 2.33. The van der Waals surface area contributed by atoms with Crippen molar-refractivity contribution in [1.82, 2.24) is 9.97 Å². The van der Waals surface area contributed by atoms with Gasteiger partial charge in [-0.05, 0) is 24.0 Å². The van der Waals surface area contributed by atoms with Crippen LogP contribution < -0.4 is 0 Å². The van der Waals surface area contributed by atoms with Gasteiger partial charge >= 0.3 is 5.97 Å². The predicted molar refractivity (Wildman–Crippen MR) is 71.6 cm³/mol. The number of rotatable bonds is 4. The molecule has 4 nitrogen and oxygen atoms in total. The fraction of sp³-hybridized carbons (Fsp3) is 0.167.